The van der Waals surface area contributed by atoms with E-state index in [1.807, 2.05) is 61.5 Å². The van der Waals surface area contributed by atoms with Crippen molar-refractivity contribution in [2.45, 2.75) is 35.7 Å². The maximum absolute atomic E-state index is 12.9. The van der Waals surface area contributed by atoms with E-state index >= 15 is 0 Å². The van der Waals surface area contributed by atoms with E-state index < -0.39 is 23.1 Å². The number of esters is 1. The Kier molecular flexibility index (Phi) is 7.33. The van der Waals surface area contributed by atoms with Gasteiger partial charge in [-0.1, -0.05) is 97.9 Å². The molecule has 1 saturated heterocycles. The van der Waals surface area contributed by atoms with Crippen LogP contribution in [0.5, 0.6) is 0 Å². The number of ether oxygens (including phenoxy) is 1. The number of likely N-dealkylation sites (tertiary alicyclic amines) is 1. The molecule has 1 aliphatic rings. The van der Waals surface area contributed by atoms with Crippen molar-refractivity contribution in [1.29, 1.82) is 0 Å². The van der Waals surface area contributed by atoms with Crippen molar-refractivity contribution >= 4 is 17.7 Å². The molecule has 4 rings (SSSR count). The average Bonchev–Trinajstić information content (AvgIpc) is 3.24. The standard InChI is InChI=1S/C27H26F3NO2S/c1-2-31-19-23(18-24(31)33-25(32)27(28,29)30)34-26(20-12-6-3-7-13-20,21-14-8-4-9-15-21)22-16-10-5-11-17-22/h3-17,23-24H,2,18-19H2,1H3. The summed E-state index contributed by atoms with van der Waals surface area (Å²) in [6, 6.07) is 30.4. The van der Waals surface area contributed by atoms with Gasteiger partial charge in [0.05, 0.1) is 4.75 Å². The predicted molar refractivity (Wildman–Crippen MR) is 128 cm³/mol. The van der Waals surface area contributed by atoms with Gasteiger partial charge in [-0.3, -0.25) is 4.90 Å². The molecule has 1 fully saturated rings. The zero-order valence-corrected chi connectivity index (χ0v) is 19.6. The number of halogens is 3. The quantitative estimate of drug-likeness (QED) is 0.293. The first-order valence-electron chi connectivity index (χ1n) is 11.2. The van der Waals surface area contributed by atoms with Gasteiger partial charge in [-0.25, -0.2) is 4.79 Å². The van der Waals surface area contributed by atoms with E-state index in [9.17, 15) is 18.0 Å². The summed E-state index contributed by atoms with van der Waals surface area (Å²) in [4.78, 5) is 13.4. The van der Waals surface area contributed by atoms with Crippen LogP contribution in [0.3, 0.4) is 0 Å². The number of hydrogen-bond acceptors (Lipinski definition) is 4. The third kappa shape index (κ3) is 5.00. The van der Waals surface area contributed by atoms with Crippen molar-refractivity contribution < 1.29 is 22.7 Å². The van der Waals surface area contributed by atoms with Crippen LogP contribution in [0.1, 0.15) is 30.0 Å². The van der Waals surface area contributed by atoms with Gasteiger partial charge in [0.1, 0.15) is 0 Å². The first-order chi connectivity index (χ1) is 16.3. The summed E-state index contributed by atoms with van der Waals surface area (Å²) in [5.74, 6) is -2.14. The summed E-state index contributed by atoms with van der Waals surface area (Å²) in [7, 11) is 0. The van der Waals surface area contributed by atoms with Crippen molar-refractivity contribution in [2.24, 2.45) is 0 Å². The van der Waals surface area contributed by atoms with Gasteiger partial charge in [-0.15, -0.1) is 11.8 Å². The maximum Gasteiger partial charge on any atom is 0.490 e. The third-order valence-electron chi connectivity index (χ3n) is 6.08. The number of carbonyl (C=O) groups excluding carboxylic acids is 1. The number of hydrogen-bond donors (Lipinski definition) is 0. The molecule has 0 saturated carbocycles. The molecule has 3 aromatic rings. The Morgan fingerprint density at radius 2 is 1.32 bits per heavy atom. The molecule has 34 heavy (non-hydrogen) atoms. The van der Waals surface area contributed by atoms with Gasteiger partial charge >= 0.3 is 12.1 Å². The summed E-state index contributed by atoms with van der Waals surface area (Å²) < 4.78 is 42.9. The van der Waals surface area contributed by atoms with Gasteiger partial charge in [-0.2, -0.15) is 13.2 Å². The van der Waals surface area contributed by atoms with Crippen LogP contribution in [0.4, 0.5) is 13.2 Å². The van der Waals surface area contributed by atoms with Gasteiger partial charge in [0.15, 0.2) is 6.23 Å². The summed E-state index contributed by atoms with van der Waals surface area (Å²) in [5.41, 5.74) is 3.24. The number of nitrogens with zero attached hydrogens (tertiary/aromatic N) is 1. The minimum atomic E-state index is -5.01. The SMILES string of the molecule is CCN1CC(SC(c2ccccc2)(c2ccccc2)c2ccccc2)CC1OC(=O)C(F)(F)F. The topological polar surface area (TPSA) is 29.5 Å². The number of rotatable bonds is 7. The Balaban J connectivity index is 1.74. The van der Waals surface area contributed by atoms with E-state index in [0.717, 1.165) is 16.7 Å². The molecule has 0 amide bonds. The maximum atomic E-state index is 12.9. The first-order valence-corrected chi connectivity index (χ1v) is 12.1. The fraction of sp³-hybridized carbons (Fsp3) is 0.296. The van der Waals surface area contributed by atoms with Gasteiger partial charge in [-0.05, 0) is 23.2 Å². The fourth-order valence-electron chi connectivity index (χ4n) is 4.53. The highest BCUT2D eigenvalue weighted by Crippen LogP contribution is 2.52. The summed E-state index contributed by atoms with van der Waals surface area (Å²) in [6.45, 7) is 2.87. The lowest BCUT2D eigenvalue weighted by molar-refractivity contribution is -0.210. The molecule has 2 unspecified atom stereocenters. The normalized spacial score (nSPS) is 19.2. The van der Waals surface area contributed by atoms with E-state index in [2.05, 4.69) is 36.4 Å². The molecule has 0 bridgehead atoms. The van der Waals surface area contributed by atoms with Gasteiger partial charge in [0.25, 0.3) is 0 Å². The van der Waals surface area contributed by atoms with E-state index in [1.54, 1.807) is 16.7 Å². The number of thioether (sulfide) groups is 1. The van der Waals surface area contributed by atoms with Crippen molar-refractivity contribution in [2.75, 3.05) is 13.1 Å². The molecule has 178 valence electrons. The van der Waals surface area contributed by atoms with Crippen LogP contribution in [-0.4, -0.2) is 41.6 Å². The van der Waals surface area contributed by atoms with Crippen LogP contribution in [-0.2, 0) is 14.3 Å². The molecule has 0 N–H and O–H groups in total. The van der Waals surface area contributed by atoms with E-state index in [-0.39, 0.29) is 5.25 Å². The summed E-state index contributed by atoms with van der Waals surface area (Å²) in [6.07, 6.45) is -5.60. The lowest BCUT2D eigenvalue weighted by Gasteiger charge is -2.37. The van der Waals surface area contributed by atoms with Crippen molar-refractivity contribution in [3.05, 3.63) is 108 Å². The Morgan fingerprint density at radius 3 is 1.71 bits per heavy atom. The highest BCUT2D eigenvalue weighted by molar-refractivity contribution is 8.01. The number of carbonyl (C=O) groups is 1. The van der Waals surface area contributed by atoms with Gasteiger partial charge in [0.2, 0.25) is 0 Å². The molecular weight excluding hydrogens is 459 g/mol. The second kappa shape index (κ2) is 10.2. The zero-order valence-electron chi connectivity index (χ0n) is 18.7. The largest absolute Gasteiger partial charge is 0.490 e. The average molecular weight is 486 g/mol. The van der Waals surface area contributed by atoms with Crippen LogP contribution in [0.25, 0.3) is 0 Å². The Hall–Kier alpha value is -2.77. The molecular formula is C27H26F3NO2S. The minimum Gasteiger partial charge on any atom is -0.440 e. The monoisotopic (exact) mass is 485 g/mol. The second-order valence-electron chi connectivity index (χ2n) is 8.20. The molecule has 0 spiro atoms. The van der Waals surface area contributed by atoms with Crippen molar-refractivity contribution in [3.8, 4) is 0 Å². The van der Waals surface area contributed by atoms with E-state index in [4.69, 9.17) is 4.74 Å². The Labute approximate surface area is 201 Å². The van der Waals surface area contributed by atoms with E-state index in [1.165, 1.54) is 0 Å². The smallest absolute Gasteiger partial charge is 0.440 e. The molecule has 0 radical (unpaired) electrons. The zero-order chi connectivity index (χ0) is 24.2. The third-order valence-corrected chi connectivity index (χ3v) is 7.81. The van der Waals surface area contributed by atoms with Gasteiger partial charge in [0, 0.05) is 18.2 Å². The molecule has 0 aromatic heterocycles. The van der Waals surface area contributed by atoms with Crippen LogP contribution < -0.4 is 0 Å². The number of benzene rings is 3. The fourth-order valence-corrected chi connectivity index (χ4v) is 6.37. The van der Waals surface area contributed by atoms with Crippen LogP contribution in [0, 0.1) is 0 Å². The van der Waals surface area contributed by atoms with Gasteiger partial charge < -0.3 is 4.74 Å². The predicted octanol–water partition coefficient (Wildman–Crippen LogP) is 6.24. The summed E-state index contributed by atoms with van der Waals surface area (Å²) in [5, 5.41) is -0.0633. The van der Waals surface area contributed by atoms with Crippen molar-refractivity contribution in [3.63, 3.8) is 0 Å². The highest BCUT2D eigenvalue weighted by atomic mass is 32.2. The van der Waals surface area contributed by atoms with E-state index in [0.29, 0.717) is 19.5 Å². The number of alkyl halides is 3. The Bertz CT molecular complexity index is 981. The van der Waals surface area contributed by atoms with Crippen LogP contribution >= 0.6 is 11.8 Å². The highest BCUT2D eigenvalue weighted by Gasteiger charge is 2.47. The molecule has 3 nitrogen and oxygen atoms in total. The summed E-state index contributed by atoms with van der Waals surface area (Å²) >= 11 is 1.70. The van der Waals surface area contributed by atoms with Crippen LogP contribution in [0.2, 0.25) is 0 Å². The molecule has 1 aliphatic heterocycles. The molecule has 0 aliphatic carbocycles. The Morgan fingerprint density at radius 1 is 0.882 bits per heavy atom. The molecule has 3 aromatic carbocycles. The van der Waals surface area contributed by atoms with Crippen molar-refractivity contribution in [1.82, 2.24) is 4.90 Å². The first kappa shape index (κ1) is 24.4. The lowest BCUT2D eigenvalue weighted by atomic mass is 9.84. The second-order valence-corrected chi connectivity index (χ2v) is 9.71. The lowest BCUT2D eigenvalue weighted by Crippen LogP contribution is -2.37. The molecule has 2 atom stereocenters. The molecule has 1 heterocycles. The molecule has 7 heteroatoms. The minimum absolute atomic E-state index is 0.0633. The van der Waals surface area contributed by atoms with Crippen LogP contribution in [0.15, 0.2) is 91.0 Å².